The first-order chi connectivity index (χ1) is 24.4. The molecular weight excluding hydrogens is 718 g/mol. The maximum absolute atomic E-state index is 12.6. The Morgan fingerprint density at radius 3 is 1.43 bits per heavy atom. The van der Waals surface area contributed by atoms with Crippen LogP contribution in [0, 0.1) is 18.4 Å². The SMILES string of the molecule is COC(=O)C(C)Cc1ccc(N2C(=O)c3ccc(Br)cc3C2=O)cc1.[C-]#[N+]c1ccc2c(c1)C(=O)N(c1ccc(CC(C)C(=O)OC)cc1)C2=O. The number of esters is 2. The van der Waals surface area contributed by atoms with E-state index in [1.807, 2.05) is 12.1 Å². The van der Waals surface area contributed by atoms with E-state index in [2.05, 4.69) is 20.8 Å². The van der Waals surface area contributed by atoms with Gasteiger partial charge in [-0.3, -0.25) is 28.8 Å². The Labute approximate surface area is 302 Å². The number of amides is 4. The fourth-order valence-corrected chi connectivity index (χ4v) is 6.18. The van der Waals surface area contributed by atoms with E-state index in [9.17, 15) is 28.8 Å². The van der Waals surface area contributed by atoms with E-state index >= 15 is 0 Å². The average Bonchev–Trinajstić information content (AvgIpc) is 3.54. The summed E-state index contributed by atoms with van der Waals surface area (Å²) in [7, 11) is 2.71. The van der Waals surface area contributed by atoms with Crippen LogP contribution in [0.5, 0.6) is 0 Å². The van der Waals surface area contributed by atoms with Gasteiger partial charge in [0.1, 0.15) is 0 Å². The van der Waals surface area contributed by atoms with E-state index in [-0.39, 0.29) is 41.2 Å². The minimum atomic E-state index is -0.439. The summed E-state index contributed by atoms with van der Waals surface area (Å²) in [6.45, 7) is 10.6. The predicted molar refractivity (Wildman–Crippen MR) is 192 cm³/mol. The van der Waals surface area contributed by atoms with Gasteiger partial charge in [-0.1, -0.05) is 66.2 Å². The normalized spacial score (nSPS) is 14.2. The minimum absolute atomic E-state index is 0.242. The van der Waals surface area contributed by atoms with Crippen LogP contribution in [0.15, 0.2) is 89.4 Å². The predicted octanol–water partition coefficient (Wildman–Crippen LogP) is 6.99. The molecule has 0 spiro atoms. The van der Waals surface area contributed by atoms with E-state index in [0.29, 0.717) is 46.6 Å². The lowest BCUT2D eigenvalue weighted by atomic mass is 10.0. The van der Waals surface area contributed by atoms with Crippen LogP contribution in [0.2, 0.25) is 0 Å². The summed E-state index contributed by atoms with van der Waals surface area (Å²) < 4.78 is 10.2. The maximum Gasteiger partial charge on any atom is 0.308 e. The van der Waals surface area contributed by atoms with E-state index in [1.54, 1.807) is 68.4 Å². The third-order valence-corrected chi connectivity index (χ3v) is 9.02. The second kappa shape index (κ2) is 15.3. The quantitative estimate of drug-likeness (QED) is 0.107. The van der Waals surface area contributed by atoms with Gasteiger partial charge in [0.15, 0.2) is 5.69 Å². The topological polar surface area (TPSA) is 132 Å². The molecule has 12 heteroatoms. The Kier molecular flexibility index (Phi) is 10.9. The third kappa shape index (κ3) is 7.49. The van der Waals surface area contributed by atoms with Gasteiger partial charge in [-0.15, -0.1) is 0 Å². The molecule has 0 aliphatic carbocycles. The number of ether oxygens (including phenoxy) is 2. The molecule has 2 aliphatic rings. The van der Waals surface area contributed by atoms with Crippen molar-refractivity contribution in [3.63, 3.8) is 0 Å². The first kappa shape index (κ1) is 36.4. The third-order valence-electron chi connectivity index (χ3n) is 8.53. The summed E-state index contributed by atoms with van der Waals surface area (Å²) in [5.74, 6) is -2.60. The number of imide groups is 2. The van der Waals surface area contributed by atoms with Crippen molar-refractivity contribution in [2.45, 2.75) is 26.7 Å². The van der Waals surface area contributed by atoms with Crippen LogP contribution in [-0.2, 0) is 31.9 Å². The van der Waals surface area contributed by atoms with Crippen molar-refractivity contribution in [3.05, 3.63) is 134 Å². The van der Waals surface area contributed by atoms with Crippen molar-refractivity contribution < 1.29 is 38.2 Å². The first-order valence-electron chi connectivity index (χ1n) is 15.8. The molecule has 0 saturated heterocycles. The molecule has 0 N–H and O–H groups in total. The van der Waals surface area contributed by atoms with E-state index in [0.717, 1.165) is 20.5 Å². The van der Waals surface area contributed by atoms with Crippen LogP contribution in [0.4, 0.5) is 17.1 Å². The van der Waals surface area contributed by atoms with Crippen LogP contribution < -0.4 is 9.80 Å². The number of halogens is 1. The van der Waals surface area contributed by atoms with Gasteiger partial charge in [0.25, 0.3) is 23.6 Å². The molecule has 6 rings (SSSR count). The van der Waals surface area contributed by atoms with Gasteiger partial charge in [-0.25, -0.2) is 14.6 Å². The number of hydrogen-bond donors (Lipinski definition) is 0. The lowest BCUT2D eigenvalue weighted by molar-refractivity contribution is -0.145. The number of nitrogens with zero attached hydrogens (tertiary/aromatic N) is 3. The molecule has 0 saturated carbocycles. The maximum atomic E-state index is 12.6. The standard InChI is InChI=1S/C20H16N2O4.C19H16BrNO4/c1-12(20(25)26-3)10-13-4-7-15(8-5-13)22-18(23)16-9-6-14(21-2)11-17(16)19(22)24;1-11(19(24)25-2)9-12-3-6-14(7-4-12)21-17(22)15-8-5-13(20)10-16(15)18(21)23/h4-9,11-12H,10H2,1,3H3;3-8,10-11H,9H2,1-2H3. The summed E-state index contributed by atoms with van der Waals surface area (Å²) in [5, 5.41) is 0. The van der Waals surface area contributed by atoms with Crippen molar-refractivity contribution in [2.24, 2.45) is 11.8 Å². The molecule has 258 valence electrons. The zero-order valence-electron chi connectivity index (χ0n) is 28.1. The molecule has 2 aliphatic heterocycles. The number of carbonyl (C=O) groups is 6. The molecule has 4 aromatic rings. The van der Waals surface area contributed by atoms with Crippen LogP contribution in [0.1, 0.15) is 66.4 Å². The minimum Gasteiger partial charge on any atom is -0.469 e. The highest BCUT2D eigenvalue weighted by molar-refractivity contribution is 9.10. The fraction of sp³-hybridized carbons (Fsp3) is 0.205. The average molecular weight is 751 g/mol. The molecule has 0 radical (unpaired) electrons. The molecule has 4 aromatic carbocycles. The van der Waals surface area contributed by atoms with Crippen LogP contribution in [0.3, 0.4) is 0 Å². The Morgan fingerprint density at radius 1 is 0.627 bits per heavy atom. The lowest BCUT2D eigenvalue weighted by Gasteiger charge is -2.15. The lowest BCUT2D eigenvalue weighted by Crippen LogP contribution is -2.29. The summed E-state index contributed by atoms with van der Waals surface area (Å²) in [6.07, 6.45) is 1.03. The molecule has 51 heavy (non-hydrogen) atoms. The van der Waals surface area contributed by atoms with Gasteiger partial charge >= 0.3 is 11.9 Å². The number of benzene rings is 4. The second-order valence-electron chi connectivity index (χ2n) is 12.0. The number of methoxy groups -OCH3 is 2. The van der Waals surface area contributed by atoms with E-state index in [4.69, 9.17) is 16.0 Å². The van der Waals surface area contributed by atoms with Gasteiger partial charge in [-0.05, 0) is 72.5 Å². The summed E-state index contributed by atoms with van der Waals surface area (Å²) in [6, 6.07) is 23.5. The highest BCUT2D eigenvalue weighted by Crippen LogP contribution is 2.32. The van der Waals surface area contributed by atoms with Gasteiger partial charge in [0.05, 0.1) is 60.7 Å². The Hall–Kier alpha value is -5.93. The molecule has 11 nitrogen and oxygen atoms in total. The largest absolute Gasteiger partial charge is 0.469 e. The number of carbonyl (C=O) groups excluding carboxylic acids is 6. The first-order valence-corrected chi connectivity index (χ1v) is 16.6. The molecule has 0 bridgehead atoms. The van der Waals surface area contributed by atoms with Crippen molar-refractivity contribution in [3.8, 4) is 0 Å². The number of hydrogen-bond acceptors (Lipinski definition) is 8. The van der Waals surface area contributed by atoms with Crippen molar-refractivity contribution in [1.82, 2.24) is 0 Å². The zero-order chi connectivity index (χ0) is 37.0. The van der Waals surface area contributed by atoms with Crippen molar-refractivity contribution >= 4 is 68.6 Å². The zero-order valence-corrected chi connectivity index (χ0v) is 29.7. The summed E-state index contributed by atoms with van der Waals surface area (Å²) >= 11 is 3.32. The molecular formula is C39H32BrN3O8. The van der Waals surface area contributed by atoms with E-state index < -0.39 is 11.8 Å². The van der Waals surface area contributed by atoms with Crippen molar-refractivity contribution in [1.29, 1.82) is 0 Å². The van der Waals surface area contributed by atoms with Crippen molar-refractivity contribution in [2.75, 3.05) is 24.0 Å². The number of anilines is 2. The molecule has 2 unspecified atom stereocenters. The highest BCUT2D eigenvalue weighted by Gasteiger charge is 2.38. The summed E-state index contributed by atoms with van der Waals surface area (Å²) in [4.78, 5) is 78.9. The molecule has 0 aromatic heterocycles. The summed E-state index contributed by atoms with van der Waals surface area (Å²) in [5.41, 5.74) is 4.45. The van der Waals surface area contributed by atoms with Gasteiger partial charge < -0.3 is 9.47 Å². The Bertz CT molecular complexity index is 2100. The molecule has 4 amide bonds. The van der Waals surface area contributed by atoms with Gasteiger partial charge in [0, 0.05) is 10.0 Å². The van der Waals surface area contributed by atoms with Crippen LogP contribution >= 0.6 is 15.9 Å². The Balaban J connectivity index is 0.000000198. The number of fused-ring (bicyclic) bond motifs is 2. The monoisotopic (exact) mass is 749 g/mol. The molecule has 2 atom stereocenters. The van der Waals surface area contributed by atoms with E-state index in [1.165, 1.54) is 37.3 Å². The van der Waals surface area contributed by atoms with Gasteiger partial charge in [-0.2, -0.15) is 0 Å². The Morgan fingerprint density at radius 2 is 1.02 bits per heavy atom. The number of rotatable bonds is 8. The molecule has 2 heterocycles. The van der Waals surface area contributed by atoms with Crippen LogP contribution in [0.25, 0.3) is 4.85 Å². The highest BCUT2D eigenvalue weighted by atomic mass is 79.9. The van der Waals surface area contributed by atoms with Crippen LogP contribution in [-0.4, -0.2) is 49.8 Å². The van der Waals surface area contributed by atoms with Gasteiger partial charge in [0.2, 0.25) is 0 Å². The fourth-order valence-electron chi connectivity index (χ4n) is 5.82. The molecule has 0 fully saturated rings. The smallest absolute Gasteiger partial charge is 0.308 e. The second-order valence-corrected chi connectivity index (χ2v) is 12.9.